The summed E-state index contributed by atoms with van der Waals surface area (Å²) >= 11 is 4.09. The predicted molar refractivity (Wildman–Crippen MR) is 94.8 cm³/mol. The van der Waals surface area contributed by atoms with Crippen molar-refractivity contribution in [2.75, 3.05) is 5.75 Å². The van der Waals surface area contributed by atoms with Gasteiger partial charge in [0.15, 0.2) is 0 Å². The zero-order chi connectivity index (χ0) is 14.9. The van der Waals surface area contributed by atoms with Crippen molar-refractivity contribution in [3.05, 3.63) is 0 Å². The number of unbranched alkanes of at least 4 members (excludes halogenated alkanes) is 13. The van der Waals surface area contributed by atoms with Crippen LogP contribution in [0.15, 0.2) is 0 Å². The average Bonchev–Trinajstić information content (AvgIpc) is 2.47. The minimum atomic E-state index is -0.185. The molecule has 0 aromatic carbocycles. The zero-order valence-corrected chi connectivity index (χ0v) is 14.7. The van der Waals surface area contributed by atoms with E-state index in [0.29, 0.717) is 5.75 Å². The topological polar surface area (TPSA) is 20.2 Å². The van der Waals surface area contributed by atoms with Crippen LogP contribution in [0.4, 0.5) is 0 Å². The minimum Gasteiger partial charge on any atom is -0.392 e. The zero-order valence-electron chi connectivity index (χ0n) is 13.8. The van der Waals surface area contributed by atoms with Crippen LogP contribution in [0.3, 0.4) is 0 Å². The Hall–Kier alpha value is 0.310. The molecule has 0 radical (unpaired) electrons. The number of hydrogen-bond donors (Lipinski definition) is 2. The molecule has 1 nitrogen and oxygen atoms in total. The maximum Gasteiger partial charge on any atom is 0.0628 e. The van der Waals surface area contributed by atoms with Crippen molar-refractivity contribution in [2.24, 2.45) is 0 Å². The molecule has 0 aliphatic rings. The highest BCUT2D eigenvalue weighted by Crippen LogP contribution is 2.13. The Morgan fingerprint density at radius 3 is 1.35 bits per heavy atom. The van der Waals surface area contributed by atoms with Gasteiger partial charge in [-0.25, -0.2) is 0 Å². The molecule has 1 N–H and O–H groups in total. The van der Waals surface area contributed by atoms with Gasteiger partial charge in [0.05, 0.1) is 6.10 Å². The maximum absolute atomic E-state index is 9.37. The molecule has 2 heteroatoms. The molecule has 0 saturated carbocycles. The van der Waals surface area contributed by atoms with Crippen molar-refractivity contribution < 1.29 is 5.11 Å². The molecule has 20 heavy (non-hydrogen) atoms. The van der Waals surface area contributed by atoms with E-state index < -0.39 is 0 Å². The molecule has 0 bridgehead atoms. The van der Waals surface area contributed by atoms with Gasteiger partial charge in [0.2, 0.25) is 0 Å². The van der Waals surface area contributed by atoms with Crippen LogP contribution < -0.4 is 0 Å². The highest BCUT2D eigenvalue weighted by molar-refractivity contribution is 7.80. The molecular weight excluding hydrogens is 264 g/mol. The molecule has 0 aliphatic carbocycles. The van der Waals surface area contributed by atoms with Crippen molar-refractivity contribution in [3.63, 3.8) is 0 Å². The van der Waals surface area contributed by atoms with Gasteiger partial charge < -0.3 is 5.11 Å². The van der Waals surface area contributed by atoms with Crippen LogP contribution in [0.1, 0.15) is 103 Å². The summed E-state index contributed by atoms with van der Waals surface area (Å²) in [5.41, 5.74) is 0. The van der Waals surface area contributed by atoms with Crippen molar-refractivity contribution in [2.45, 2.75) is 109 Å². The monoisotopic (exact) mass is 302 g/mol. The summed E-state index contributed by atoms with van der Waals surface area (Å²) in [4.78, 5) is 0. The standard InChI is InChI=1S/C18H38OS/c1-2-3-4-5-6-7-8-9-10-11-12-13-14-15-16-18(19)17-20/h18-20H,2-17H2,1H3. The first kappa shape index (κ1) is 20.3. The van der Waals surface area contributed by atoms with Gasteiger partial charge in [-0.3, -0.25) is 0 Å². The summed E-state index contributed by atoms with van der Waals surface area (Å²) in [5.74, 6) is 0.610. The van der Waals surface area contributed by atoms with Crippen molar-refractivity contribution in [1.29, 1.82) is 0 Å². The summed E-state index contributed by atoms with van der Waals surface area (Å²) in [5, 5.41) is 9.37. The lowest BCUT2D eigenvalue weighted by atomic mass is 10.0. The Kier molecular flexibility index (Phi) is 17.6. The van der Waals surface area contributed by atoms with Gasteiger partial charge in [0, 0.05) is 5.75 Å². The Labute approximate surface area is 133 Å². The van der Waals surface area contributed by atoms with Gasteiger partial charge in [-0.05, 0) is 6.42 Å². The SMILES string of the molecule is CCCCCCCCCCCCCCCCC(O)CS. The number of hydrogen-bond acceptors (Lipinski definition) is 2. The van der Waals surface area contributed by atoms with E-state index in [-0.39, 0.29) is 6.10 Å². The Balaban J connectivity index is 2.96. The molecule has 0 aliphatic heterocycles. The lowest BCUT2D eigenvalue weighted by Crippen LogP contribution is -2.07. The van der Waals surface area contributed by atoms with Gasteiger partial charge in [-0.1, -0.05) is 96.8 Å². The normalized spacial score (nSPS) is 12.8. The van der Waals surface area contributed by atoms with Crippen LogP contribution in [-0.2, 0) is 0 Å². The largest absolute Gasteiger partial charge is 0.392 e. The Morgan fingerprint density at radius 2 is 1.00 bits per heavy atom. The van der Waals surface area contributed by atoms with E-state index in [2.05, 4.69) is 19.6 Å². The van der Waals surface area contributed by atoms with Gasteiger partial charge >= 0.3 is 0 Å². The molecule has 1 unspecified atom stereocenters. The van der Waals surface area contributed by atoms with Gasteiger partial charge in [-0.15, -0.1) is 0 Å². The first-order valence-corrected chi connectivity index (χ1v) is 9.73. The second-order valence-corrected chi connectivity index (χ2v) is 6.59. The molecule has 0 fully saturated rings. The van der Waals surface area contributed by atoms with Gasteiger partial charge in [0.25, 0.3) is 0 Å². The summed E-state index contributed by atoms with van der Waals surface area (Å²) in [6.07, 6.45) is 20.2. The maximum atomic E-state index is 9.37. The molecule has 0 spiro atoms. The quantitative estimate of drug-likeness (QED) is 0.259. The van der Waals surface area contributed by atoms with E-state index in [4.69, 9.17) is 0 Å². The average molecular weight is 303 g/mol. The highest BCUT2D eigenvalue weighted by Gasteiger charge is 2.00. The van der Waals surface area contributed by atoms with Crippen LogP contribution in [-0.4, -0.2) is 17.0 Å². The number of aliphatic hydroxyl groups excluding tert-OH is 1. The predicted octanol–water partition coefficient (Wildman–Crippen LogP) is 6.15. The first-order valence-electron chi connectivity index (χ1n) is 9.10. The summed E-state index contributed by atoms with van der Waals surface area (Å²) in [6.45, 7) is 2.28. The fraction of sp³-hybridized carbons (Fsp3) is 1.00. The van der Waals surface area contributed by atoms with Crippen molar-refractivity contribution >= 4 is 12.6 Å². The molecule has 0 heterocycles. The van der Waals surface area contributed by atoms with E-state index in [1.807, 2.05) is 0 Å². The lowest BCUT2D eigenvalue weighted by molar-refractivity contribution is 0.185. The van der Waals surface area contributed by atoms with E-state index >= 15 is 0 Å². The second kappa shape index (κ2) is 17.4. The summed E-state index contributed by atoms with van der Waals surface area (Å²) in [7, 11) is 0. The second-order valence-electron chi connectivity index (χ2n) is 6.22. The van der Waals surface area contributed by atoms with E-state index in [0.717, 1.165) is 6.42 Å². The summed E-state index contributed by atoms with van der Waals surface area (Å²) < 4.78 is 0. The van der Waals surface area contributed by atoms with E-state index in [1.165, 1.54) is 89.9 Å². The molecule has 0 aromatic rings. The van der Waals surface area contributed by atoms with E-state index in [9.17, 15) is 5.11 Å². The molecule has 0 rings (SSSR count). The first-order chi connectivity index (χ1) is 9.81. The molecule has 0 aromatic heterocycles. The van der Waals surface area contributed by atoms with Crippen molar-refractivity contribution in [3.8, 4) is 0 Å². The van der Waals surface area contributed by atoms with Crippen LogP contribution in [0.2, 0.25) is 0 Å². The Bertz CT molecular complexity index is 173. The van der Waals surface area contributed by atoms with Gasteiger partial charge in [-0.2, -0.15) is 12.6 Å². The van der Waals surface area contributed by atoms with E-state index in [1.54, 1.807) is 0 Å². The fourth-order valence-corrected chi connectivity index (χ4v) is 2.85. The third-order valence-electron chi connectivity index (χ3n) is 4.10. The minimum absolute atomic E-state index is 0.185. The number of rotatable bonds is 16. The third kappa shape index (κ3) is 16.4. The van der Waals surface area contributed by atoms with Crippen molar-refractivity contribution in [1.82, 2.24) is 0 Å². The highest BCUT2D eigenvalue weighted by atomic mass is 32.1. The molecule has 122 valence electrons. The molecule has 0 saturated heterocycles. The van der Waals surface area contributed by atoms with Crippen LogP contribution in [0.5, 0.6) is 0 Å². The number of thiol groups is 1. The van der Waals surface area contributed by atoms with Gasteiger partial charge in [0.1, 0.15) is 0 Å². The van der Waals surface area contributed by atoms with Crippen LogP contribution in [0.25, 0.3) is 0 Å². The lowest BCUT2D eigenvalue weighted by Gasteiger charge is -2.06. The number of aliphatic hydroxyl groups is 1. The van der Waals surface area contributed by atoms with Crippen LogP contribution >= 0.6 is 12.6 Å². The molecule has 0 amide bonds. The fourth-order valence-electron chi connectivity index (χ4n) is 2.67. The third-order valence-corrected chi connectivity index (χ3v) is 4.52. The smallest absolute Gasteiger partial charge is 0.0628 e. The molecule has 1 atom stereocenters. The Morgan fingerprint density at radius 1 is 0.650 bits per heavy atom. The van der Waals surface area contributed by atoms with Crippen LogP contribution in [0, 0.1) is 0 Å². The molecular formula is C18H38OS. The summed E-state index contributed by atoms with van der Waals surface area (Å²) in [6, 6.07) is 0.